The quantitative estimate of drug-likeness (QED) is 0.598. The van der Waals surface area contributed by atoms with Gasteiger partial charge in [-0.2, -0.15) is 5.10 Å². The van der Waals surface area contributed by atoms with Gasteiger partial charge in [-0.05, 0) is 18.2 Å². The predicted molar refractivity (Wildman–Crippen MR) is 101 cm³/mol. The van der Waals surface area contributed by atoms with Gasteiger partial charge in [0.15, 0.2) is 11.4 Å². The van der Waals surface area contributed by atoms with Gasteiger partial charge in [0, 0.05) is 18.7 Å². The van der Waals surface area contributed by atoms with E-state index in [9.17, 15) is 9.18 Å². The summed E-state index contributed by atoms with van der Waals surface area (Å²) in [7, 11) is 1.48. The monoisotopic (exact) mass is 365 g/mol. The minimum absolute atomic E-state index is 0.110. The zero-order valence-electron chi connectivity index (χ0n) is 15.0. The average Bonchev–Trinajstić information content (AvgIpc) is 3.14. The number of carbonyl (C=O) groups is 1. The number of ether oxygens (including phenoxy) is 1. The average molecular weight is 365 g/mol. The Balaban J connectivity index is 1.93. The lowest BCUT2D eigenvalue weighted by Crippen LogP contribution is -2.31. The number of para-hydroxylation sites is 1. The van der Waals surface area contributed by atoms with E-state index in [2.05, 4.69) is 11.7 Å². The van der Waals surface area contributed by atoms with Crippen molar-refractivity contribution in [3.63, 3.8) is 0 Å². The van der Waals surface area contributed by atoms with E-state index in [1.54, 1.807) is 35.2 Å². The first kappa shape index (κ1) is 18.4. The topological polar surface area (TPSA) is 47.4 Å². The van der Waals surface area contributed by atoms with Crippen LogP contribution in [0.5, 0.6) is 5.75 Å². The Labute approximate surface area is 157 Å². The third-order valence-electron chi connectivity index (χ3n) is 4.08. The van der Waals surface area contributed by atoms with Crippen LogP contribution >= 0.6 is 0 Å². The Morgan fingerprint density at radius 1 is 1.22 bits per heavy atom. The molecule has 0 aliphatic rings. The first-order valence-electron chi connectivity index (χ1n) is 8.46. The molecule has 5 nitrogen and oxygen atoms in total. The first-order valence-corrected chi connectivity index (χ1v) is 8.46. The van der Waals surface area contributed by atoms with Gasteiger partial charge in [-0.3, -0.25) is 4.79 Å². The van der Waals surface area contributed by atoms with E-state index in [1.807, 2.05) is 30.3 Å². The van der Waals surface area contributed by atoms with Gasteiger partial charge < -0.3 is 9.64 Å². The Morgan fingerprint density at radius 3 is 2.59 bits per heavy atom. The molecule has 1 heterocycles. The number of benzene rings is 2. The van der Waals surface area contributed by atoms with Gasteiger partial charge in [0.25, 0.3) is 5.91 Å². The lowest BCUT2D eigenvalue weighted by atomic mass is 10.2. The second-order valence-corrected chi connectivity index (χ2v) is 5.89. The van der Waals surface area contributed by atoms with Crippen LogP contribution in [0.25, 0.3) is 5.69 Å². The first-order chi connectivity index (χ1) is 13.1. The fraction of sp³-hybridized carbons (Fsp3) is 0.143. The standard InChI is InChI=1S/C21H20FN3O2/c1-3-13-24(14-16-9-7-8-12-18(16)22)21(26)20-19(27-2)15-25(23-20)17-10-5-4-6-11-17/h3-12,15H,1,13-14H2,2H3. The normalized spacial score (nSPS) is 10.4. The number of carbonyl (C=O) groups excluding carboxylic acids is 1. The van der Waals surface area contributed by atoms with Crippen molar-refractivity contribution in [3.05, 3.63) is 90.5 Å². The largest absolute Gasteiger partial charge is 0.493 e. The van der Waals surface area contributed by atoms with Crippen molar-refractivity contribution in [1.82, 2.24) is 14.7 Å². The number of hydrogen-bond donors (Lipinski definition) is 0. The minimum atomic E-state index is -0.360. The Kier molecular flexibility index (Phi) is 5.66. The molecule has 0 spiro atoms. The molecular weight excluding hydrogens is 345 g/mol. The molecule has 0 saturated carbocycles. The molecule has 0 bridgehead atoms. The van der Waals surface area contributed by atoms with Crippen LogP contribution < -0.4 is 4.74 Å². The molecular formula is C21H20FN3O2. The maximum atomic E-state index is 14.0. The predicted octanol–water partition coefficient (Wildman–Crippen LogP) is 3.85. The van der Waals surface area contributed by atoms with Crippen LogP contribution in [0.4, 0.5) is 4.39 Å². The zero-order valence-corrected chi connectivity index (χ0v) is 15.0. The molecule has 3 rings (SSSR count). The zero-order chi connectivity index (χ0) is 19.2. The lowest BCUT2D eigenvalue weighted by Gasteiger charge is -2.21. The van der Waals surface area contributed by atoms with Crippen LogP contribution in [-0.2, 0) is 6.54 Å². The van der Waals surface area contributed by atoms with Crippen molar-refractivity contribution in [3.8, 4) is 11.4 Å². The SMILES string of the molecule is C=CCN(Cc1ccccc1F)C(=O)c1nn(-c2ccccc2)cc1OC. The van der Waals surface area contributed by atoms with Gasteiger partial charge in [0.1, 0.15) is 5.82 Å². The van der Waals surface area contributed by atoms with Gasteiger partial charge in [0.05, 0.1) is 19.0 Å². The van der Waals surface area contributed by atoms with Gasteiger partial charge in [-0.1, -0.05) is 42.5 Å². The Hall–Kier alpha value is -3.41. The molecule has 0 unspecified atom stereocenters. The highest BCUT2D eigenvalue weighted by Crippen LogP contribution is 2.22. The van der Waals surface area contributed by atoms with Crippen LogP contribution in [0.15, 0.2) is 73.4 Å². The van der Waals surface area contributed by atoms with Crippen LogP contribution in [0, 0.1) is 5.82 Å². The van der Waals surface area contributed by atoms with Crippen molar-refractivity contribution < 1.29 is 13.9 Å². The molecule has 1 aromatic heterocycles. The van der Waals surface area contributed by atoms with E-state index in [1.165, 1.54) is 18.1 Å². The van der Waals surface area contributed by atoms with Crippen molar-refractivity contribution in [2.75, 3.05) is 13.7 Å². The molecule has 6 heteroatoms. The molecule has 1 amide bonds. The number of amides is 1. The highest BCUT2D eigenvalue weighted by molar-refractivity contribution is 5.95. The molecule has 138 valence electrons. The fourth-order valence-corrected chi connectivity index (χ4v) is 2.73. The van der Waals surface area contributed by atoms with Gasteiger partial charge >= 0.3 is 0 Å². The minimum Gasteiger partial charge on any atom is -0.493 e. The summed E-state index contributed by atoms with van der Waals surface area (Å²) in [5.74, 6) is -0.364. The highest BCUT2D eigenvalue weighted by atomic mass is 19.1. The molecule has 0 radical (unpaired) electrons. The Morgan fingerprint density at radius 2 is 1.93 bits per heavy atom. The number of methoxy groups -OCH3 is 1. The van der Waals surface area contributed by atoms with E-state index in [0.29, 0.717) is 11.3 Å². The summed E-state index contributed by atoms with van der Waals surface area (Å²) in [4.78, 5) is 14.6. The number of aromatic nitrogens is 2. The number of hydrogen-bond acceptors (Lipinski definition) is 3. The molecule has 2 aromatic carbocycles. The molecule has 0 aliphatic carbocycles. The summed E-state index contributed by atoms with van der Waals surface area (Å²) in [6.07, 6.45) is 3.25. The number of rotatable bonds is 7. The molecule has 0 saturated heterocycles. The number of halogens is 1. The molecule has 0 aliphatic heterocycles. The van der Waals surface area contributed by atoms with Crippen molar-refractivity contribution in [2.45, 2.75) is 6.54 Å². The van der Waals surface area contributed by atoms with Crippen molar-refractivity contribution in [2.24, 2.45) is 0 Å². The van der Waals surface area contributed by atoms with E-state index in [0.717, 1.165) is 5.69 Å². The maximum absolute atomic E-state index is 14.0. The summed E-state index contributed by atoms with van der Waals surface area (Å²) in [6.45, 7) is 4.06. The van der Waals surface area contributed by atoms with Crippen LogP contribution in [0.2, 0.25) is 0 Å². The Bertz CT molecular complexity index is 938. The second-order valence-electron chi connectivity index (χ2n) is 5.89. The summed E-state index contributed by atoms with van der Waals surface area (Å²) in [5.41, 5.74) is 1.40. The molecule has 3 aromatic rings. The molecule has 0 fully saturated rings. The van der Waals surface area contributed by atoms with E-state index < -0.39 is 0 Å². The third-order valence-corrected chi connectivity index (χ3v) is 4.08. The summed E-state index contributed by atoms with van der Waals surface area (Å²) < 4.78 is 20.9. The van der Waals surface area contributed by atoms with Gasteiger partial charge in [-0.25, -0.2) is 9.07 Å². The lowest BCUT2D eigenvalue weighted by molar-refractivity contribution is 0.0751. The summed E-state index contributed by atoms with van der Waals surface area (Å²) in [6, 6.07) is 15.8. The smallest absolute Gasteiger partial charge is 0.278 e. The van der Waals surface area contributed by atoms with Gasteiger partial charge in [0.2, 0.25) is 0 Å². The summed E-state index contributed by atoms with van der Waals surface area (Å²) >= 11 is 0. The van der Waals surface area contributed by atoms with Crippen molar-refractivity contribution >= 4 is 5.91 Å². The van der Waals surface area contributed by atoms with Gasteiger partial charge in [-0.15, -0.1) is 6.58 Å². The van der Waals surface area contributed by atoms with Crippen molar-refractivity contribution in [1.29, 1.82) is 0 Å². The van der Waals surface area contributed by atoms with E-state index in [4.69, 9.17) is 4.74 Å². The molecule has 0 atom stereocenters. The van der Waals surface area contributed by atoms with E-state index >= 15 is 0 Å². The number of nitrogens with zero attached hydrogens (tertiary/aromatic N) is 3. The molecule has 27 heavy (non-hydrogen) atoms. The highest BCUT2D eigenvalue weighted by Gasteiger charge is 2.24. The maximum Gasteiger partial charge on any atom is 0.278 e. The third kappa shape index (κ3) is 4.06. The second kappa shape index (κ2) is 8.31. The molecule has 0 N–H and O–H groups in total. The summed E-state index contributed by atoms with van der Waals surface area (Å²) in [5, 5.41) is 4.39. The van der Waals surface area contributed by atoms with Crippen LogP contribution in [-0.4, -0.2) is 34.2 Å². The fourth-order valence-electron chi connectivity index (χ4n) is 2.73. The van der Waals surface area contributed by atoms with Crippen LogP contribution in [0.1, 0.15) is 16.1 Å². The van der Waals surface area contributed by atoms with E-state index in [-0.39, 0.29) is 30.5 Å². The van der Waals surface area contributed by atoms with Crippen LogP contribution in [0.3, 0.4) is 0 Å².